The fourth-order valence-corrected chi connectivity index (χ4v) is 2.67. The van der Waals surface area contributed by atoms with Crippen LogP contribution in [0, 0.1) is 0 Å². The maximum Gasteiger partial charge on any atom is 0.0943 e. The first-order valence-corrected chi connectivity index (χ1v) is 6.99. The van der Waals surface area contributed by atoms with E-state index in [-0.39, 0.29) is 0 Å². The van der Waals surface area contributed by atoms with Crippen molar-refractivity contribution in [1.29, 1.82) is 0 Å². The molecule has 1 aromatic heterocycles. The van der Waals surface area contributed by atoms with E-state index in [1.54, 1.807) is 4.68 Å². The van der Waals surface area contributed by atoms with Crippen LogP contribution in [0.15, 0.2) is 42.6 Å². The molecule has 0 radical (unpaired) electrons. The van der Waals surface area contributed by atoms with Gasteiger partial charge in [0.25, 0.3) is 0 Å². The van der Waals surface area contributed by atoms with Gasteiger partial charge in [0.15, 0.2) is 0 Å². The van der Waals surface area contributed by atoms with Gasteiger partial charge in [-0.2, -0.15) is 5.10 Å². The average molecular weight is 306 g/mol. The lowest BCUT2D eigenvalue weighted by Crippen LogP contribution is -2.00. The Hall–Kier alpha value is -1.71. The molecule has 102 valence electrons. The zero-order chi connectivity index (χ0) is 14.1. The predicted molar refractivity (Wildman–Crippen MR) is 84.5 cm³/mol. The zero-order valence-electron chi connectivity index (χ0n) is 10.9. The lowest BCUT2D eigenvalue weighted by atomic mass is 10.2. The van der Waals surface area contributed by atoms with Crippen LogP contribution in [-0.2, 0) is 13.6 Å². The van der Waals surface area contributed by atoms with Crippen molar-refractivity contribution < 1.29 is 0 Å². The highest BCUT2D eigenvalue weighted by atomic mass is 35.5. The summed E-state index contributed by atoms with van der Waals surface area (Å²) in [6.45, 7) is 0.580. The number of rotatable bonds is 3. The van der Waals surface area contributed by atoms with Gasteiger partial charge in [-0.1, -0.05) is 29.3 Å². The first kappa shape index (κ1) is 13.3. The second kappa shape index (κ2) is 5.35. The first-order chi connectivity index (χ1) is 9.63. The minimum absolute atomic E-state index is 0.580. The molecule has 0 aliphatic carbocycles. The zero-order valence-corrected chi connectivity index (χ0v) is 12.4. The highest BCUT2D eigenvalue weighted by Gasteiger charge is 2.06. The maximum absolute atomic E-state index is 6.15. The number of aryl methyl sites for hydroxylation is 1. The Labute approximate surface area is 127 Å². The molecule has 1 heterocycles. The van der Waals surface area contributed by atoms with Crippen LogP contribution in [0.1, 0.15) is 5.56 Å². The molecule has 0 unspecified atom stereocenters. The van der Waals surface area contributed by atoms with Gasteiger partial charge in [0.05, 0.1) is 5.52 Å². The Morgan fingerprint density at radius 3 is 2.65 bits per heavy atom. The van der Waals surface area contributed by atoms with Gasteiger partial charge in [0.1, 0.15) is 0 Å². The van der Waals surface area contributed by atoms with Gasteiger partial charge in [-0.05, 0) is 30.3 Å². The van der Waals surface area contributed by atoms with Crippen molar-refractivity contribution in [3.05, 3.63) is 58.2 Å². The van der Waals surface area contributed by atoms with Crippen molar-refractivity contribution in [2.75, 3.05) is 5.32 Å². The molecule has 0 bridgehead atoms. The standard InChI is InChI=1S/C15H13Cl2N3/c1-20-9-10-5-6-11(7-15(10)19-20)18-8-12-13(16)3-2-4-14(12)17/h2-7,9,18H,8H2,1H3. The maximum atomic E-state index is 6.15. The first-order valence-electron chi connectivity index (χ1n) is 6.23. The molecule has 0 saturated carbocycles. The summed E-state index contributed by atoms with van der Waals surface area (Å²) in [6, 6.07) is 11.6. The van der Waals surface area contributed by atoms with Crippen LogP contribution in [-0.4, -0.2) is 9.78 Å². The Kier molecular flexibility index (Phi) is 3.55. The molecule has 0 aliphatic heterocycles. The Balaban J connectivity index is 1.83. The van der Waals surface area contributed by atoms with E-state index < -0.39 is 0 Å². The molecule has 3 rings (SSSR count). The van der Waals surface area contributed by atoms with Crippen LogP contribution >= 0.6 is 23.2 Å². The van der Waals surface area contributed by atoms with E-state index >= 15 is 0 Å². The second-order valence-corrected chi connectivity index (χ2v) is 5.44. The van der Waals surface area contributed by atoms with Crippen LogP contribution in [0.5, 0.6) is 0 Å². The minimum atomic E-state index is 0.580. The molecule has 0 atom stereocenters. The van der Waals surface area contributed by atoms with E-state index in [0.29, 0.717) is 16.6 Å². The van der Waals surface area contributed by atoms with E-state index in [0.717, 1.165) is 22.2 Å². The van der Waals surface area contributed by atoms with Crippen LogP contribution in [0.3, 0.4) is 0 Å². The van der Waals surface area contributed by atoms with Crippen LogP contribution in [0.2, 0.25) is 10.0 Å². The molecule has 0 amide bonds. The fraction of sp³-hybridized carbons (Fsp3) is 0.133. The SMILES string of the molecule is Cn1cc2ccc(NCc3c(Cl)cccc3Cl)cc2n1. The molecule has 0 saturated heterocycles. The van der Waals surface area contributed by atoms with Crippen LogP contribution in [0.4, 0.5) is 5.69 Å². The van der Waals surface area contributed by atoms with Crippen molar-refractivity contribution in [3.8, 4) is 0 Å². The summed E-state index contributed by atoms with van der Waals surface area (Å²) in [6.07, 6.45) is 1.99. The minimum Gasteiger partial charge on any atom is -0.381 e. The normalized spacial score (nSPS) is 10.9. The second-order valence-electron chi connectivity index (χ2n) is 4.63. The molecule has 0 spiro atoms. The van der Waals surface area contributed by atoms with Gasteiger partial charge >= 0.3 is 0 Å². The molecule has 3 aromatic rings. The summed E-state index contributed by atoms with van der Waals surface area (Å²) in [5.41, 5.74) is 2.85. The summed E-state index contributed by atoms with van der Waals surface area (Å²) in [4.78, 5) is 0. The number of anilines is 1. The third kappa shape index (κ3) is 2.60. The molecule has 0 aliphatic rings. The molecule has 2 aromatic carbocycles. The number of aromatic nitrogens is 2. The van der Waals surface area contributed by atoms with Gasteiger partial charge < -0.3 is 5.32 Å². The number of benzene rings is 2. The van der Waals surface area contributed by atoms with Crippen LogP contribution in [0.25, 0.3) is 10.9 Å². The highest BCUT2D eigenvalue weighted by molar-refractivity contribution is 6.36. The molecule has 0 fully saturated rings. The van der Waals surface area contributed by atoms with Crippen molar-refractivity contribution in [2.24, 2.45) is 7.05 Å². The Morgan fingerprint density at radius 1 is 1.15 bits per heavy atom. The number of halogens is 2. The van der Waals surface area contributed by atoms with Crippen LogP contribution < -0.4 is 5.32 Å². The third-order valence-electron chi connectivity index (χ3n) is 3.15. The summed E-state index contributed by atoms with van der Waals surface area (Å²) >= 11 is 12.3. The van der Waals surface area contributed by atoms with Gasteiger partial charge in [0, 0.05) is 46.5 Å². The van der Waals surface area contributed by atoms with Gasteiger partial charge in [-0.3, -0.25) is 4.68 Å². The topological polar surface area (TPSA) is 29.9 Å². The molecular weight excluding hydrogens is 293 g/mol. The third-order valence-corrected chi connectivity index (χ3v) is 3.86. The average Bonchev–Trinajstić information content (AvgIpc) is 2.77. The van der Waals surface area contributed by atoms with Gasteiger partial charge in [0.2, 0.25) is 0 Å². The quantitative estimate of drug-likeness (QED) is 0.772. The summed E-state index contributed by atoms with van der Waals surface area (Å²) in [5.74, 6) is 0. The van der Waals surface area contributed by atoms with E-state index in [1.165, 1.54) is 0 Å². The van der Waals surface area contributed by atoms with E-state index in [2.05, 4.69) is 10.4 Å². The van der Waals surface area contributed by atoms with Crippen molar-refractivity contribution in [2.45, 2.75) is 6.54 Å². The fourth-order valence-electron chi connectivity index (χ4n) is 2.14. The highest BCUT2D eigenvalue weighted by Crippen LogP contribution is 2.25. The number of hydrogen-bond acceptors (Lipinski definition) is 2. The molecular formula is C15H13Cl2N3. The van der Waals surface area contributed by atoms with Crippen molar-refractivity contribution in [3.63, 3.8) is 0 Å². The van der Waals surface area contributed by atoms with Gasteiger partial charge in [-0.25, -0.2) is 0 Å². The van der Waals surface area contributed by atoms with Crippen molar-refractivity contribution >= 4 is 39.8 Å². The Morgan fingerprint density at radius 2 is 1.90 bits per heavy atom. The molecule has 1 N–H and O–H groups in total. The lowest BCUT2D eigenvalue weighted by molar-refractivity contribution is 0.780. The van der Waals surface area contributed by atoms with E-state index in [4.69, 9.17) is 23.2 Å². The number of hydrogen-bond donors (Lipinski definition) is 1. The lowest BCUT2D eigenvalue weighted by Gasteiger charge is -2.09. The summed E-state index contributed by atoms with van der Waals surface area (Å²) in [5, 5.41) is 10.2. The van der Waals surface area contributed by atoms with E-state index in [9.17, 15) is 0 Å². The number of nitrogens with one attached hydrogen (secondary N) is 1. The monoisotopic (exact) mass is 305 g/mol. The Bertz CT molecular complexity index is 745. The smallest absolute Gasteiger partial charge is 0.0943 e. The number of fused-ring (bicyclic) bond motifs is 1. The molecule has 5 heteroatoms. The number of nitrogens with zero attached hydrogens (tertiary/aromatic N) is 2. The van der Waals surface area contributed by atoms with E-state index in [1.807, 2.05) is 49.6 Å². The largest absolute Gasteiger partial charge is 0.381 e. The molecule has 20 heavy (non-hydrogen) atoms. The molecule has 3 nitrogen and oxygen atoms in total. The predicted octanol–water partition coefficient (Wildman–Crippen LogP) is 4.49. The summed E-state index contributed by atoms with van der Waals surface area (Å²) < 4.78 is 1.80. The van der Waals surface area contributed by atoms with Crippen molar-refractivity contribution in [1.82, 2.24) is 9.78 Å². The van der Waals surface area contributed by atoms with Gasteiger partial charge in [-0.15, -0.1) is 0 Å². The summed E-state index contributed by atoms with van der Waals surface area (Å²) in [7, 11) is 1.91.